The second kappa shape index (κ2) is 17.0. The molecule has 5 aromatic carbocycles. The van der Waals surface area contributed by atoms with Gasteiger partial charge in [-0.3, -0.25) is 9.69 Å². The highest BCUT2D eigenvalue weighted by molar-refractivity contribution is 5.94. The molecule has 282 valence electrons. The summed E-state index contributed by atoms with van der Waals surface area (Å²) in [5.74, 6) is -12.6. The first kappa shape index (κ1) is 38.7. The van der Waals surface area contributed by atoms with Gasteiger partial charge in [0.1, 0.15) is 5.56 Å². The number of hydrogen-bond donors (Lipinski definition) is 3. The lowest BCUT2D eigenvalue weighted by Gasteiger charge is -2.39. The molecule has 6 rings (SSSR count). The quantitative estimate of drug-likeness (QED) is 0.0680. The molecule has 0 saturated carbocycles. The van der Waals surface area contributed by atoms with Crippen LogP contribution in [0.1, 0.15) is 70.0 Å². The predicted molar refractivity (Wildman–Crippen MR) is 191 cm³/mol. The van der Waals surface area contributed by atoms with Crippen molar-refractivity contribution in [3.63, 3.8) is 0 Å². The number of carbonyl (C=O) groups excluding carboxylic acids is 1. The van der Waals surface area contributed by atoms with Gasteiger partial charge < -0.3 is 25.0 Å². The number of aliphatic hydroxyl groups excluding tert-OH is 2. The standard InChI is InChI=1S/C42H39F5N2O5/c1-24(40(51)28-9-4-3-5-10-28)49(2)22-32-20-33(27-16-14-25(23-50)15-17-27)54-42(53-32)31-13-7-12-30(19-31)29-11-6-8-26(18-29)21-48-41(52)34-35(43)37(45)39(47)38(46)36(34)44/h3-19,24,32-33,40,42,50-51H,20-23H2,1-2H3,(H,48,52)/t24-,32+,33-,40-,42-/m0/s1. The Morgan fingerprint density at radius 3 is 2.07 bits per heavy atom. The van der Waals surface area contributed by atoms with Crippen molar-refractivity contribution in [2.75, 3.05) is 13.6 Å². The van der Waals surface area contributed by atoms with Gasteiger partial charge in [0.05, 0.1) is 24.9 Å². The molecule has 0 aromatic heterocycles. The maximum atomic E-state index is 14.2. The third-order valence-corrected chi connectivity index (χ3v) is 9.71. The van der Waals surface area contributed by atoms with Gasteiger partial charge in [-0.1, -0.05) is 91.0 Å². The van der Waals surface area contributed by atoms with Crippen LogP contribution in [0.3, 0.4) is 0 Å². The van der Waals surface area contributed by atoms with Crippen molar-refractivity contribution in [3.05, 3.63) is 166 Å². The summed E-state index contributed by atoms with van der Waals surface area (Å²) < 4.78 is 82.4. The Morgan fingerprint density at radius 1 is 0.778 bits per heavy atom. The molecular weight excluding hydrogens is 707 g/mol. The van der Waals surface area contributed by atoms with E-state index in [9.17, 15) is 37.0 Å². The number of hydrogen-bond acceptors (Lipinski definition) is 6. The molecule has 1 amide bonds. The van der Waals surface area contributed by atoms with E-state index in [1.165, 1.54) is 0 Å². The molecule has 0 bridgehead atoms. The van der Waals surface area contributed by atoms with Crippen molar-refractivity contribution in [2.45, 2.75) is 57.1 Å². The number of ether oxygens (including phenoxy) is 2. The molecule has 1 aliphatic heterocycles. The number of aliphatic hydroxyl groups is 2. The first-order chi connectivity index (χ1) is 25.9. The summed E-state index contributed by atoms with van der Waals surface area (Å²) >= 11 is 0. The molecule has 0 radical (unpaired) electrons. The fraction of sp³-hybridized carbons (Fsp3) is 0.262. The van der Waals surface area contributed by atoms with Crippen LogP contribution in [0.25, 0.3) is 11.1 Å². The molecule has 1 aliphatic rings. The van der Waals surface area contributed by atoms with Gasteiger partial charge in [-0.25, -0.2) is 22.0 Å². The second-order valence-electron chi connectivity index (χ2n) is 13.3. The minimum Gasteiger partial charge on any atom is -0.392 e. The van der Waals surface area contributed by atoms with Crippen LogP contribution in [0.4, 0.5) is 22.0 Å². The van der Waals surface area contributed by atoms with Crippen molar-refractivity contribution in [1.29, 1.82) is 0 Å². The largest absolute Gasteiger partial charge is 0.392 e. The molecule has 1 saturated heterocycles. The summed E-state index contributed by atoms with van der Waals surface area (Å²) in [6.07, 6.45) is -1.61. The zero-order chi connectivity index (χ0) is 38.5. The van der Waals surface area contributed by atoms with Crippen LogP contribution in [-0.2, 0) is 22.6 Å². The number of halogens is 5. The monoisotopic (exact) mass is 746 g/mol. The van der Waals surface area contributed by atoms with Crippen LogP contribution in [-0.4, -0.2) is 46.8 Å². The van der Waals surface area contributed by atoms with Gasteiger partial charge >= 0.3 is 0 Å². The van der Waals surface area contributed by atoms with E-state index in [1.807, 2.05) is 98.9 Å². The molecule has 3 N–H and O–H groups in total. The average molecular weight is 747 g/mol. The molecule has 0 spiro atoms. The van der Waals surface area contributed by atoms with E-state index in [4.69, 9.17) is 9.47 Å². The number of amides is 1. The topological polar surface area (TPSA) is 91.3 Å². The third-order valence-electron chi connectivity index (χ3n) is 9.71. The molecule has 54 heavy (non-hydrogen) atoms. The summed E-state index contributed by atoms with van der Waals surface area (Å²) in [6, 6.07) is 31.2. The normalized spacial score (nSPS) is 18.4. The molecular formula is C42H39F5N2O5. The zero-order valence-electron chi connectivity index (χ0n) is 29.5. The SMILES string of the molecule is C[C@@H]([C@H](O)c1ccccc1)N(C)C[C@H]1C[C@@H](c2ccc(CO)cc2)O[C@@H](c2cccc(-c3cccc(CNC(=O)c4c(F)c(F)c(F)c(F)c4F)c3)c2)O1. The van der Waals surface area contributed by atoms with Gasteiger partial charge in [0.2, 0.25) is 5.82 Å². The number of nitrogens with one attached hydrogen (secondary N) is 1. The van der Waals surface area contributed by atoms with Gasteiger partial charge in [0.25, 0.3) is 5.91 Å². The summed E-state index contributed by atoms with van der Waals surface area (Å²) in [4.78, 5) is 14.6. The van der Waals surface area contributed by atoms with Crippen LogP contribution in [0, 0.1) is 29.1 Å². The van der Waals surface area contributed by atoms with E-state index < -0.39 is 53.0 Å². The molecule has 5 aromatic rings. The smallest absolute Gasteiger partial charge is 0.257 e. The van der Waals surface area contributed by atoms with Gasteiger partial charge in [-0.15, -0.1) is 0 Å². The Labute approximate surface area is 309 Å². The van der Waals surface area contributed by atoms with E-state index in [0.29, 0.717) is 24.1 Å². The van der Waals surface area contributed by atoms with Gasteiger partial charge in [0, 0.05) is 31.1 Å². The van der Waals surface area contributed by atoms with Crippen molar-refractivity contribution in [3.8, 4) is 11.1 Å². The van der Waals surface area contributed by atoms with E-state index in [-0.39, 0.29) is 31.4 Å². The van der Waals surface area contributed by atoms with Gasteiger partial charge in [0.15, 0.2) is 29.6 Å². The highest BCUT2D eigenvalue weighted by atomic mass is 19.2. The van der Waals surface area contributed by atoms with E-state index in [1.54, 1.807) is 18.2 Å². The summed E-state index contributed by atoms with van der Waals surface area (Å²) in [5.41, 5.74) is 3.64. The molecule has 7 nitrogen and oxygen atoms in total. The van der Waals surface area contributed by atoms with Crippen LogP contribution in [0.5, 0.6) is 0 Å². The summed E-state index contributed by atoms with van der Waals surface area (Å²) in [6.45, 7) is 2.11. The average Bonchev–Trinajstić information content (AvgIpc) is 3.21. The molecule has 0 unspecified atom stereocenters. The fourth-order valence-electron chi connectivity index (χ4n) is 6.49. The molecule has 1 heterocycles. The lowest BCUT2D eigenvalue weighted by atomic mass is 9.97. The lowest BCUT2D eigenvalue weighted by molar-refractivity contribution is -0.253. The maximum Gasteiger partial charge on any atom is 0.257 e. The van der Waals surface area contributed by atoms with E-state index >= 15 is 0 Å². The molecule has 12 heteroatoms. The van der Waals surface area contributed by atoms with Crippen molar-refractivity contribution < 1.29 is 46.4 Å². The minimum atomic E-state index is -2.34. The second-order valence-corrected chi connectivity index (χ2v) is 13.3. The minimum absolute atomic E-state index is 0.0850. The summed E-state index contributed by atoms with van der Waals surface area (Å²) in [7, 11) is 1.94. The number of carbonyl (C=O) groups is 1. The number of nitrogens with zero attached hydrogens (tertiary/aromatic N) is 1. The number of benzene rings is 5. The predicted octanol–water partition coefficient (Wildman–Crippen LogP) is 8.07. The number of likely N-dealkylation sites (N-methyl/N-ethyl adjacent to an activating group) is 1. The fourth-order valence-corrected chi connectivity index (χ4v) is 6.49. The Kier molecular flexibility index (Phi) is 12.2. The van der Waals surface area contributed by atoms with Crippen molar-refractivity contribution in [1.82, 2.24) is 10.2 Å². The first-order valence-electron chi connectivity index (χ1n) is 17.4. The highest BCUT2D eigenvalue weighted by Gasteiger charge is 2.34. The van der Waals surface area contributed by atoms with E-state index in [0.717, 1.165) is 27.8 Å². The van der Waals surface area contributed by atoms with Gasteiger partial charge in [-0.2, -0.15) is 0 Å². The maximum absolute atomic E-state index is 14.2. The molecule has 1 fully saturated rings. The Bertz CT molecular complexity index is 2060. The Morgan fingerprint density at radius 2 is 1.41 bits per heavy atom. The van der Waals surface area contributed by atoms with Crippen molar-refractivity contribution in [2.24, 2.45) is 0 Å². The third kappa shape index (κ3) is 8.53. The van der Waals surface area contributed by atoms with Crippen molar-refractivity contribution >= 4 is 5.91 Å². The van der Waals surface area contributed by atoms with E-state index in [2.05, 4.69) is 10.2 Å². The summed E-state index contributed by atoms with van der Waals surface area (Å²) in [5, 5.41) is 22.9. The molecule has 5 atom stereocenters. The first-order valence-corrected chi connectivity index (χ1v) is 17.4. The van der Waals surface area contributed by atoms with Crippen LogP contribution >= 0.6 is 0 Å². The molecule has 0 aliphatic carbocycles. The van der Waals surface area contributed by atoms with Crippen LogP contribution in [0.2, 0.25) is 0 Å². The van der Waals surface area contributed by atoms with Gasteiger partial charge in [-0.05, 0) is 59.5 Å². The van der Waals surface area contributed by atoms with Crippen LogP contribution in [0.15, 0.2) is 103 Å². The zero-order valence-corrected chi connectivity index (χ0v) is 29.5. The highest BCUT2D eigenvalue weighted by Crippen LogP contribution is 2.39. The Balaban J connectivity index is 1.21. The van der Waals surface area contributed by atoms with Crippen LogP contribution < -0.4 is 5.32 Å². The lowest BCUT2D eigenvalue weighted by Crippen LogP contribution is -2.43. The Hall–Kier alpha value is -4.98. The number of rotatable bonds is 12.